The zero-order chi connectivity index (χ0) is 16.8. The molecule has 0 spiro atoms. The average Bonchev–Trinajstić information content (AvgIpc) is 3.09. The SMILES string of the molecule is Cc1nc2ccccn2c1CC(=O)N1C[C@H]2C[C@H](O)[C@H](O)C[C@H]2C1. The van der Waals surface area contributed by atoms with Gasteiger partial charge in [0.25, 0.3) is 0 Å². The summed E-state index contributed by atoms with van der Waals surface area (Å²) in [6.45, 7) is 3.30. The molecule has 1 aliphatic carbocycles. The smallest absolute Gasteiger partial charge is 0.228 e. The minimum absolute atomic E-state index is 0.0992. The highest BCUT2D eigenvalue weighted by molar-refractivity contribution is 5.79. The number of nitrogens with zero attached hydrogens (tertiary/aromatic N) is 3. The lowest BCUT2D eigenvalue weighted by Crippen LogP contribution is -2.38. The first-order chi connectivity index (χ1) is 11.5. The van der Waals surface area contributed by atoms with Gasteiger partial charge in [-0.15, -0.1) is 0 Å². The third-order valence-corrected chi connectivity index (χ3v) is 5.61. The lowest BCUT2D eigenvalue weighted by molar-refractivity contribution is -0.129. The molecule has 1 saturated carbocycles. The molecule has 0 aromatic carbocycles. The van der Waals surface area contributed by atoms with Crippen LogP contribution in [0.4, 0.5) is 0 Å². The maximum Gasteiger partial charge on any atom is 0.228 e. The third kappa shape index (κ3) is 2.59. The number of likely N-dealkylation sites (tertiary alicyclic amines) is 1. The quantitative estimate of drug-likeness (QED) is 0.853. The number of fused-ring (bicyclic) bond motifs is 2. The van der Waals surface area contributed by atoms with Crippen LogP contribution >= 0.6 is 0 Å². The number of aliphatic hydroxyl groups excluding tert-OH is 2. The normalized spacial score (nSPS) is 29.9. The molecule has 2 aromatic rings. The predicted octanol–water partition coefficient (Wildman–Crippen LogP) is 0.775. The summed E-state index contributed by atoms with van der Waals surface area (Å²) in [7, 11) is 0. The number of aliphatic hydroxyl groups is 2. The van der Waals surface area contributed by atoms with Crippen molar-refractivity contribution in [2.24, 2.45) is 11.8 Å². The number of amides is 1. The average molecular weight is 329 g/mol. The van der Waals surface area contributed by atoms with Crippen LogP contribution in [0, 0.1) is 18.8 Å². The van der Waals surface area contributed by atoms with Crippen LogP contribution in [0.5, 0.6) is 0 Å². The van der Waals surface area contributed by atoms with E-state index in [4.69, 9.17) is 0 Å². The highest BCUT2D eigenvalue weighted by atomic mass is 16.3. The number of carbonyl (C=O) groups is 1. The molecule has 2 aromatic heterocycles. The Morgan fingerprint density at radius 3 is 2.54 bits per heavy atom. The van der Waals surface area contributed by atoms with Gasteiger partial charge < -0.3 is 19.5 Å². The van der Waals surface area contributed by atoms with Gasteiger partial charge >= 0.3 is 0 Å². The fourth-order valence-corrected chi connectivity index (χ4v) is 4.24. The molecule has 2 fully saturated rings. The molecule has 2 N–H and O–H groups in total. The molecule has 1 amide bonds. The summed E-state index contributed by atoms with van der Waals surface area (Å²) < 4.78 is 1.98. The minimum atomic E-state index is -0.651. The number of imidazole rings is 1. The fourth-order valence-electron chi connectivity index (χ4n) is 4.24. The zero-order valence-electron chi connectivity index (χ0n) is 13.8. The van der Waals surface area contributed by atoms with Crippen molar-refractivity contribution in [3.63, 3.8) is 0 Å². The van der Waals surface area contributed by atoms with Crippen molar-refractivity contribution in [3.05, 3.63) is 35.8 Å². The topological polar surface area (TPSA) is 78.1 Å². The maximum absolute atomic E-state index is 12.8. The minimum Gasteiger partial charge on any atom is -0.390 e. The number of hydrogen-bond donors (Lipinski definition) is 2. The van der Waals surface area contributed by atoms with E-state index >= 15 is 0 Å². The molecule has 0 radical (unpaired) electrons. The second-order valence-corrected chi connectivity index (χ2v) is 7.17. The van der Waals surface area contributed by atoms with Crippen molar-refractivity contribution in [2.75, 3.05) is 13.1 Å². The molecule has 24 heavy (non-hydrogen) atoms. The number of aryl methyl sites for hydroxylation is 1. The Kier molecular flexibility index (Phi) is 3.81. The predicted molar refractivity (Wildman–Crippen MR) is 88.4 cm³/mol. The lowest BCUT2D eigenvalue weighted by Gasteiger charge is -2.31. The maximum atomic E-state index is 12.8. The van der Waals surface area contributed by atoms with Crippen LogP contribution in [0.1, 0.15) is 24.2 Å². The monoisotopic (exact) mass is 329 g/mol. The van der Waals surface area contributed by atoms with Crippen LogP contribution in [0.25, 0.3) is 5.65 Å². The first-order valence-electron chi connectivity index (χ1n) is 8.59. The van der Waals surface area contributed by atoms with Crippen LogP contribution in [0.15, 0.2) is 24.4 Å². The van der Waals surface area contributed by atoms with Crippen LogP contribution in [0.3, 0.4) is 0 Å². The van der Waals surface area contributed by atoms with Crippen LogP contribution in [-0.2, 0) is 11.2 Å². The standard InChI is InChI=1S/C18H23N3O3/c1-11-14(21-5-3-2-4-17(21)19-11)8-18(24)20-9-12-6-15(22)16(23)7-13(12)10-20/h2-5,12-13,15-16,22-23H,6-10H2,1H3/t12-,13+,15+,16-. The molecule has 1 saturated heterocycles. The Bertz CT molecular complexity index is 754. The van der Waals surface area contributed by atoms with Crippen LogP contribution in [0.2, 0.25) is 0 Å². The number of pyridine rings is 1. The first-order valence-corrected chi connectivity index (χ1v) is 8.59. The summed E-state index contributed by atoms with van der Waals surface area (Å²) in [5, 5.41) is 19.7. The van der Waals surface area contributed by atoms with Gasteiger partial charge in [0.2, 0.25) is 5.91 Å². The van der Waals surface area contributed by atoms with Gasteiger partial charge in [-0.2, -0.15) is 0 Å². The Morgan fingerprint density at radius 1 is 1.21 bits per heavy atom. The van der Waals surface area contributed by atoms with Gasteiger partial charge in [0.05, 0.1) is 30.0 Å². The number of hydrogen-bond acceptors (Lipinski definition) is 4. The van der Waals surface area contributed by atoms with E-state index in [2.05, 4.69) is 4.98 Å². The molecule has 4 atom stereocenters. The molecule has 3 heterocycles. The van der Waals surface area contributed by atoms with E-state index in [9.17, 15) is 15.0 Å². The van der Waals surface area contributed by atoms with E-state index in [-0.39, 0.29) is 5.91 Å². The van der Waals surface area contributed by atoms with Crippen LogP contribution in [-0.4, -0.2) is 55.7 Å². The summed E-state index contributed by atoms with van der Waals surface area (Å²) in [5.41, 5.74) is 2.68. The molecule has 4 rings (SSSR count). The Balaban J connectivity index is 1.50. The molecule has 6 nitrogen and oxygen atoms in total. The van der Waals surface area contributed by atoms with Gasteiger partial charge in [-0.05, 0) is 43.7 Å². The van der Waals surface area contributed by atoms with Crippen molar-refractivity contribution in [3.8, 4) is 0 Å². The summed E-state index contributed by atoms with van der Waals surface area (Å²) >= 11 is 0. The number of rotatable bonds is 2. The highest BCUT2D eigenvalue weighted by Gasteiger charge is 2.42. The largest absolute Gasteiger partial charge is 0.390 e. The zero-order valence-corrected chi connectivity index (χ0v) is 13.8. The van der Waals surface area contributed by atoms with Crippen LogP contribution < -0.4 is 0 Å². The Hall–Kier alpha value is -1.92. The van der Waals surface area contributed by atoms with Crippen molar-refractivity contribution in [2.45, 2.75) is 38.4 Å². The van der Waals surface area contributed by atoms with E-state index in [1.54, 1.807) is 0 Å². The fraction of sp³-hybridized carbons (Fsp3) is 0.556. The van der Waals surface area contributed by atoms with Gasteiger partial charge in [-0.3, -0.25) is 4.79 Å². The van der Waals surface area contributed by atoms with Gasteiger partial charge in [0.1, 0.15) is 5.65 Å². The Labute approximate surface area is 140 Å². The van der Waals surface area contributed by atoms with Crippen molar-refractivity contribution in [1.29, 1.82) is 0 Å². The second kappa shape index (κ2) is 5.86. The molecule has 0 unspecified atom stereocenters. The molecular formula is C18H23N3O3. The van der Waals surface area contributed by atoms with E-state index in [0.29, 0.717) is 44.2 Å². The van der Waals surface area contributed by atoms with Crippen molar-refractivity contribution in [1.82, 2.24) is 14.3 Å². The van der Waals surface area contributed by atoms with Gasteiger partial charge in [0.15, 0.2) is 0 Å². The second-order valence-electron chi connectivity index (χ2n) is 7.17. The summed E-state index contributed by atoms with van der Waals surface area (Å²) in [6, 6.07) is 5.82. The van der Waals surface area contributed by atoms with Crippen molar-refractivity contribution < 1.29 is 15.0 Å². The summed E-state index contributed by atoms with van der Waals surface area (Å²) in [6.07, 6.45) is 2.15. The van der Waals surface area contributed by atoms with E-state index in [1.807, 2.05) is 40.6 Å². The van der Waals surface area contributed by atoms with Crippen molar-refractivity contribution >= 4 is 11.6 Å². The number of aromatic nitrogens is 2. The van der Waals surface area contributed by atoms with E-state index in [1.165, 1.54) is 0 Å². The van der Waals surface area contributed by atoms with E-state index in [0.717, 1.165) is 17.0 Å². The van der Waals surface area contributed by atoms with E-state index < -0.39 is 12.2 Å². The molecule has 2 aliphatic rings. The summed E-state index contributed by atoms with van der Waals surface area (Å²) in [4.78, 5) is 19.2. The van der Waals surface area contributed by atoms with Gasteiger partial charge in [-0.1, -0.05) is 6.07 Å². The molecule has 128 valence electrons. The molecule has 1 aliphatic heterocycles. The first kappa shape index (κ1) is 15.6. The lowest BCUT2D eigenvalue weighted by atomic mass is 9.79. The highest BCUT2D eigenvalue weighted by Crippen LogP contribution is 2.36. The molecule has 0 bridgehead atoms. The van der Waals surface area contributed by atoms with Gasteiger partial charge in [0, 0.05) is 19.3 Å². The molecule has 6 heteroatoms. The Morgan fingerprint density at radius 2 is 1.88 bits per heavy atom. The summed E-state index contributed by atoms with van der Waals surface area (Å²) in [5.74, 6) is 0.702. The van der Waals surface area contributed by atoms with Gasteiger partial charge in [-0.25, -0.2) is 4.98 Å². The molecular weight excluding hydrogens is 306 g/mol. The third-order valence-electron chi connectivity index (χ3n) is 5.61. The number of carbonyl (C=O) groups excluding carboxylic acids is 1.